The van der Waals surface area contributed by atoms with Gasteiger partial charge in [-0.05, 0) is 45.9 Å². The van der Waals surface area contributed by atoms with E-state index in [1.54, 1.807) is 6.20 Å². The third kappa shape index (κ3) is 2.42. The molecule has 1 fully saturated rings. The molecule has 96 valence electrons. The fourth-order valence-corrected chi connectivity index (χ4v) is 1.71. The van der Waals surface area contributed by atoms with E-state index in [-0.39, 0.29) is 18.3 Å². The van der Waals surface area contributed by atoms with E-state index in [0.29, 0.717) is 5.69 Å². The van der Waals surface area contributed by atoms with Crippen molar-refractivity contribution in [1.82, 2.24) is 4.98 Å². The van der Waals surface area contributed by atoms with Crippen LogP contribution in [0.25, 0.3) is 6.08 Å². The summed E-state index contributed by atoms with van der Waals surface area (Å²) in [5.41, 5.74) is 6.55. The van der Waals surface area contributed by atoms with Gasteiger partial charge in [0.15, 0.2) is 0 Å². The lowest BCUT2D eigenvalue weighted by atomic mass is 9.89. The molecule has 1 aliphatic heterocycles. The summed E-state index contributed by atoms with van der Waals surface area (Å²) >= 11 is 0. The lowest BCUT2D eigenvalue weighted by molar-refractivity contribution is 0.00578. The first-order valence-corrected chi connectivity index (χ1v) is 6.06. The van der Waals surface area contributed by atoms with Gasteiger partial charge in [0.05, 0.1) is 22.6 Å². The molecular formula is C13H19BN2O2. The van der Waals surface area contributed by atoms with E-state index in [1.807, 2.05) is 51.9 Å². The van der Waals surface area contributed by atoms with E-state index in [0.717, 1.165) is 5.69 Å². The minimum Gasteiger partial charge on any atom is -0.400 e. The van der Waals surface area contributed by atoms with Gasteiger partial charge in [0.1, 0.15) is 0 Å². The van der Waals surface area contributed by atoms with Gasteiger partial charge in [0, 0.05) is 6.20 Å². The van der Waals surface area contributed by atoms with Crippen LogP contribution in [-0.2, 0) is 9.31 Å². The minimum atomic E-state index is -0.364. The van der Waals surface area contributed by atoms with E-state index in [4.69, 9.17) is 15.0 Å². The van der Waals surface area contributed by atoms with Crippen LogP contribution in [0.15, 0.2) is 24.3 Å². The maximum atomic E-state index is 5.85. The maximum absolute atomic E-state index is 5.85. The highest BCUT2D eigenvalue weighted by Crippen LogP contribution is 2.37. The number of anilines is 1. The van der Waals surface area contributed by atoms with Crippen LogP contribution in [0.5, 0.6) is 0 Å². The van der Waals surface area contributed by atoms with Crippen LogP contribution >= 0.6 is 0 Å². The van der Waals surface area contributed by atoms with Crippen LogP contribution in [-0.4, -0.2) is 23.3 Å². The first-order chi connectivity index (χ1) is 8.32. The third-order valence-electron chi connectivity index (χ3n) is 3.55. The van der Waals surface area contributed by atoms with Gasteiger partial charge in [0.25, 0.3) is 0 Å². The van der Waals surface area contributed by atoms with Gasteiger partial charge in [-0.1, -0.05) is 5.98 Å². The van der Waals surface area contributed by atoms with Crippen LogP contribution in [0.2, 0.25) is 0 Å². The Kier molecular flexibility index (Phi) is 3.21. The molecule has 1 aromatic rings. The maximum Gasteiger partial charge on any atom is 0.487 e. The Morgan fingerprint density at radius 1 is 1.22 bits per heavy atom. The number of aromatic nitrogens is 1. The van der Waals surface area contributed by atoms with Gasteiger partial charge in [-0.2, -0.15) is 0 Å². The summed E-state index contributed by atoms with van der Waals surface area (Å²) in [7, 11) is -0.364. The van der Waals surface area contributed by atoms with Gasteiger partial charge in [-0.3, -0.25) is 4.98 Å². The summed E-state index contributed by atoms with van der Waals surface area (Å²) < 4.78 is 11.7. The van der Waals surface area contributed by atoms with E-state index in [1.165, 1.54) is 0 Å². The second-order valence-corrected chi connectivity index (χ2v) is 5.46. The molecule has 0 aromatic carbocycles. The lowest BCUT2D eigenvalue weighted by Gasteiger charge is -2.32. The van der Waals surface area contributed by atoms with Crippen LogP contribution in [0.1, 0.15) is 33.4 Å². The summed E-state index contributed by atoms with van der Waals surface area (Å²) in [4.78, 5) is 4.19. The molecule has 1 aliphatic rings. The molecule has 1 saturated heterocycles. The number of hydrogen-bond acceptors (Lipinski definition) is 4. The second kappa shape index (κ2) is 4.41. The van der Waals surface area contributed by atoms with Crippen LogP contribution < -0.4 is 5.73 Å². The summed E-state index contributed by atoms with van der Waals surface area (Å²) in [5.74, 6) is 1.84. The van der Waals surface area contributed by atoms with Gasteiger partial charge in [0.2, 0.25) is 0 Å². The zero-order valence-electron chi connectivity index (χ0n) is 11.3. The average molecular weight is 246 g/mol. The number of rotatable bonds is 2. The predicted octanol–water partition coefficient (Wildman–Crippen LogP) is 2.31. The molecule has 5 heteroatoms. The number of nitrogens with two attached hydrogens (primary N) is 1. The van der Waals surface area contributed by atoms with Crippen molar-refractivity contribution < 1.29 is 9.31 Å². The third-order valence-corrected chi connectivity index (χ3v) is 3.55. The molecule has 0 aliphatic carbocycles. The second-order valence-electron chi connectivity index (χ2n) is 5.46. The van der Waals surface area contributed by atoms with Crippen molar-refractivity contribution in [3.8, 4) is 0 Å². The van der Waals surface area contributed by atoms with Crippen LogP contribution in [0.3, 0.4) is 0 Å². The van der Waals surface area contributed by atoms with Crippen molar-refractivity contribution in [2.24, 2.45) is 0 Å². The van der Waals surface area contributed by atoms with Crippen molar-refractivity contribution in [3.63, 3.8) is 0 Å². The predicted molar refractivity (Wildman–Crippen MR) is 73.8 cm³/mol. The molecule has 2 rings (SSSR count). The van der Waals surface area contributed by atoms with Gasteiger partial charge >= 0.3 is 7.12 Å². The Morgan fingerprint density at radius 3 is 2.39 bits per heavy atom. The van der Waals surface area contributed by atoms with Crippen molar-refractivity contribution in [2.75, 3.05) is 5.73 Å². The average Bonchev–Trinajstić information content (AvgIpc) is 2.46. The Hall–Kier alpha value is -1.33. The normalized spacial score (nSPS) is 21.7. The van der Waals surface area contributed by atoms with Crippen molar-refractivity contribution in [3.05, 3.63) is 30.0 Å². The molecule has 0 radical (unpaired) electrons. The fourth-order valence-electron chi connectivity index (χ4n) is 1.71. The molecule has 4 nitrogen and oxygen atoms in total. The Bertz CT molecular complexity index is 456. The summed E-state index contributed by atoms with van der Waals surface area (Å²) in [6.07, 6.45) is 3.54. The molecule has 2 N–H and O–H groups in total. The summed E-state index contributed by atoms with van der Waals surface area (Å²) in [5, 5.41) is 0. The zero-order valence-corrected chi connectivity index (χ0v) is 11.3. The lowest BCUT2D eigenvalue weighted by Crippen LogP contribution is -2.41. The Morgan fingerprint density at radius 2 is 1.83 bits per heavy atom. The molecule has 0 amide bonds. The van der Waals surface area contributed by atoms with Crippen molar-refractivity contribution in [1.29, 1.82) is 0 Å². The SMILES string of the molecule is CC1(C)OB(/C=C/c2ncccc2N)OC1(C)C. The van der Waals surface area contributed by atoms with E-state index in [2.05, 4.69) is 4.98 Å². The Balaban J connectivity index is 2.11. The molecule has 18 heavy (non-hydrogen) atoms. The number of nitrogen functional groups attached to an aromatic ring is 1. The first-order valence-electron chi connectivity index (χ1n) is 6.06. The smallest absolute Gasteiger partial charge is 0.400 e. The molecule has 0 bridgehead atoms. The van der Waals surface area contributed by atoms with Gasteiger partial charge in [-0.25, -0.2) is 0 Å². The number of pyridine rings is 1. The number of hydrogen-bond donors (Lipinski definition) is 1. The van der Waals surface area contributed by atoms with Crippen molar-refractivity contribution >= 4 is 18.9 Å². The molecule has 0 spiro atoms. The monoisotopic (exact) mass is 246 g/mol. The summed E-state index contributed by atoms with van der Waals surface area (Å²) in [6, 6.07) is 3.62. The molecule has 0 atom stereocenters. The minimum absolute atomic E-state index is 0.322. The highest BCUT2D eigenvalue weighted by atomic mass is 16.7. The highest BCUT2D eigenvalue weighted by Gasteiger charge is 2.49. The summed E-state index contributed by atoms with van der Waals surface area (Å²) in [6.45, 7) is 8.10. The standard InChI is InChI=1S/C13H19BN2O2/c1-12(2)13(3,4)18-14(17-12)8-7-11-10(15)6-5-9-16-11/h5-9H,15H2,1-4H3/b8-7+. The zero-order chi connectivity index (χ0) is 13.4. The van der Waals surface area contributed by atoms with Crippen molar-refractivity contribution in [2.45, 2.75) is 38.9 Å². The largest absolute Gasteiger partial charge is 0.487 e. The number of nitrogens with zero attached hydrogens (tertiary/aromatic N) is 1. The van der Waals surface area contributed by atoms with E-state index < -0.39 is 0 Å². The first kappa shape index (κ1) is 13.1. The van der Waals surface area contributed by atoms with Gasteiger partial charge < -0.3 is 15.0 Å². The van der Waals surface area contributed by atoms with E-state index in [9.17, 15) is 0 Å². The molecule has 2 heterocycles. The molecular weight excluding hydrogens is 227 g/mol. The quantitative estimate of drug-likeness (QED) is 0.813. The Labute approximate surface area is 108 Å². The molecule has 0 unspecified atom stereocenters. The highest BCUT2D eigenvalue weighted by molar-refractivity contribution is 6.52. The molecule has 1 aromatic heterocycles. The topological polar surface area (TPSA) is 57.4 Å². The van der Waals surface area contributed by atoms with Crippen LogP contribution in [0.4, 0.5) is 5.69 Å². The van der Waals surface area contributed by atoms with Gasteiger partial charge in [-0.15, -0.1) is 0 Å². The fraction of sp³-hybridized carbons (Fsp3) is 0.462. The van der Waals surface area contributed by atoms with Crippen LogP contribution in [0, 0.1) is 0 Å². The molecule has 0 saturated carbocycles. The van der Waals surface area contributed by atoms with E-state index >= 15 is 0 Å².